The lowest BCUT2D eigenvalue weighted by Gasteiger charge is -2.09. The molecule has 0 heterocycles. The zero-order valence-corrected chi connectivity index (χ0v) is 16.5. The van der Waals surface area contributed by atoms with E-state index >= 15 is 0 Å². The molecule has 0 rings (SSSR count). The lowest BCUT2D eigenvalue weighted by atomic mass is 10.5. The maximum atomic E-state index is 5.48. The van der Waals surface area contributed by atoms with Crippen molar-refractivity contribution in [2.24, 2.45) is 0 Å². The SMILES string of the molecule is CC(C)OCCOCCOCCOCCOCCOCCOCCCl. The van der Waals surface area contributed by atoms with Gasteiger partial charge in [0.2, 0.25) is 0 Å². The van der Waals surface area contributed by atoms with E-state index in [1.807, 2.05) is 13.8 Å². The summed E-state index contributed by atoms with van der Waals surface area (Å²) < 4.78 is 37.4. The Morgan fingerprint density at radius 1 is 0.480 bits per heavy atom. The second-order valence-corrected chi connectivity index (χ2v) is 5.66. The molecule has 0 saturated carbocycles. The van der Waals surface area contributed by atoms with E-state index in [-0.39, 0.29) is 6.10 Å². The van der Waals surface area contributed by atoms with Crippen LogP contribution in [0.4, 0.5) is 0 Å². The second kappa shape index (κ2) is 22.1. The van der Waals surface area contributed by atoms with E-state index in [0.29, 0.717) is 91.8 Å². The molecule has 0 bridgehead atoms. The van der Waals surface area contributed by atoms with E-state index in [4.69, 9.17) is 44.8 Å². The largest absolute Gasteiger partial charge is 0.378 e. The molecule has 0 N–H and O–H groups in total. The van der Waals surface area contributed by atoms with Crippen molar-refractivity contribution in [3.63, 3.8) is 0 Å². The first-order chi connectivity index (χ1) is 12.3. The average Bonchev–Trinajstić information content (AvgIpc) is 2.60. The molecule has 0 saturated heterocycles. The van der Waals surface area contributed by atoms with Crippen LogP contribution in [0.3, 0.4) is 0 Å². The molecule has 152 valence electrons. The van der Waals surface area contributed by atoms with E-state index in [0.717, 1.165) is 0 Å². The highest BCUT2D eigenvalue weighted by Gasteiger charge is 1.95. The van der Waals surface area contributed by atoms with Gasteiger partial charge in [0.1, 0.15) is 0 Å². The minimum atomic E-state index is 0.245. The van der Waals surface area contributed by atoms with Crippen molar-refractivity contribution in [2.75, 3.05) is 91.8 Å². The third-order valence-corrected chi connectivity index (χ3v) is 2.91. The lowest BCUT2D eigenvalue weighted by molar-refractivity contribution is -0.0234. The molecule has 0 aliphatic heterocycles. The molecule has 0 unspecified atom stereocenters. The molecule has 0 radical (unpaired) electrons. The summed E-state index contributed by atoms with van der Waals surface area (Å²) in [6, 6.07) is 0. The normalized spacial score (nSPS) is 11.5. The van der Waals surface area contributed by atoms with Crippen LogP contribution < -0.4 is 0 Å². The molecule has 0 aromatic rings. The summed E-state index contributed by atoms with van der Waals surface area (Å²) in [5.41, 5.74) is 0. The van der Waals surface area contributed by atoms with Gasteiger partial charge in [0.15, 0.2) is 0 Å². The summed E-state index contributed by atoms with van der Waals surface area (Å²) in [5.74, 6) is 0.510. The van der Waals surface area contributed by atoms with Crippen molar-refractivity contribution in [3.8, 4) is 0 Å². The Labute approximate surface area is 157 Å². The highest BCUT2D eigenvalue weighted by atomic mass is 35.5. The maximum Gasteiger partial charge on any atom is 0.0703 e. The van der Waals surface area contributed by atoms with Gasteiger partial charge in [0.05, 0.1) is 92.0 Å². The van der Waals surface area contributed by atoms with E-state index in [1.54, 1.807) is 0 Å². The molecule has 0 fully saturated rings. The molecule has 0 atom stereocenters. The highest BCUT2D eigenvalue weighted by molar-refractivity contribution is 6.17. The van der Waals surface area contributed by atoms with Crippen LogP contribution in [-0.2, 0) is 33.2 Å². The summed E-state index contributed by atoms with van der Waals surface area (Å²) in [6.45, 7) is 11.3. The van der Waals surface area contributed by atoms with Crippen molar-refractivity contribution in [2.45, 2.75) is 20.0 Å². The summed E-state index contributed by atoms with van der Waals surface area (Å²) in [5, 5.41) is 0. The average molecular weight is 387 g/mol. The Morgan fingerprint density at radius 3 is 1.04 bits per heavy atom. The molecular formula is C17H35ClO7. The minimum absolute atomic E-state index is 0.245. The summed E-state index contributed by atoms with van der Waals surface area (Å²) in [4.78, 5) is 0. The molecule has 0 aromatic carbocycles. The predicted octanol–water partition coefficient (Wildman–Crippen LogP) is 1.75. The van der Waals surface area contributed by atoms with Crippen LogP contribution >= 0.6 is 11.6 Å². The Bertz CT molecular complexity index is 245. The Balaban J connectivity index is 2.96. The first-order valence-corrected chi connectivity index (χ1v) is 9.44. The van der Waals surface area contributed by atoms with Gasteiger partial charge in [-0.2, -0.15) is 0 Å². The van der Waals surface area contributed by atoms with Crippen LogP contribution in [0.25, 0.3) is 0 Å². The highest BCUT2D eigenvalue weighted by Crippen LogP contribution is 1.88. The smallest absolute Gasteiger partial charge is 0.0703 e. The zero-order valence-electron chi connectivity index (χ0n) is 15.7. The number of alkyl halides is 1. The van der Waals surface area contributed by atoms with Crippen LogP contribution in [0.1, 0.15) is 13.8 Å². The van der Waals surface area contributed by atoms with E-state index in [2.05, 4.69) is 0 Å². The minimum Gasteiger partial charge on any atom is -0.378 e. The Kier molecular flexibility index (Phi) is 22.1. The number of hydrogen-bond donors (Lipinski definition) is 0. The van der Waals surface area contributed by atoms with E-state index in [1.165, 1.54) is 0 Å². The van der Waals surface area contributed by atoms with Gasteiger partial charge in [-0.15, -0.1) is 11.6 Å². The first-order valence-electron chi connectivity index (χ1n) is 8.91. The molecular weight excluding hydrogens is 352 g/mol. The molecule has 25 heavy (non-hydrogen) atoms. The second-order valence-electron chi connectivity index (χ2n) is 5.28. The van der Waals surface area contributed by atoms with Crippen LogP contribution in [0, 0.1) is 0 Å². The quantitative estimate of drug-likeness (QED) is 0.220. The van der Waals surface area contributed by atoms with Crippen molar-refractivity contribution in [1.29, 1.82) is 0 Å². The molecule has 0 aromatic heterocycles. The fourth-order valence-electron chi connectivity index (χ4n) is 1.60. The number of hydrogen-bond acceptors (Lipinski definition) is 7. The topological polar surface area (TPSA) is 64.6 Å². The van der Waals surface area contributed by atoms with Gasteiger partial charge in [-0.3, -0.25) is 0 Å². The van der Waals surface area contributed by atoms with Crippen molar-refractivity contribution in [3.05, 3.63) is 0 Å². The van der Waals surface area contributed by atoms with Gasteiger partial charge in [-0.25, -0.2) is 0 Å². The third kappa shape index (κ3) is 24.0. The standard InChI is InChI=1S/C17H35ClO7/c1-17(2)25-16-15-24-14-13-23-12-11-22-10-9-21-8-7-20-6-5-19-4-3-18/h17H,3-16H2,1-2H3. The van der Waals surface area contributed by atoms with Gasteiger partial charge < -0.3 is 33.2 Å². The molecule has 0 aliphatic rings. The van der Waals surface area contributed by atoms with Crippen LogP contribution in [0.2, 0.25) is 0 Å². The van der Waals surface area contributed by atoms with Crippen molar-refractivity contribution < 1.29 is 33.2 Å². The number of ether oxygens (including phenoxy) is 7. The molecule has 0 amide bonds. The van der Waals surface area contributed by atoms with E-state index < -0.39 is 0 Å². The van der Waals surface area contributed by atoms with Crippen LogP contribution in [0.5, 0.6) is 0 Å². The molecule has 8 heteroatoms. The van der Waals surface area contributed by atoms with Gasteiger partial charge in [0, 0.05) is 5.88 Å². The maximum absolute atomic E-state index is 5.48. The van der Waals surface area contributed by atoms with Crippen LogP contribution in [-0.4, -0.2) is 97.9 Å². The number of halogens is 1. The summed E-state index contributed by atoms with van der Waals surface area (Å²) in [7, 11) is 0. The first kappa shape index (κ1) is 25.0. The molecule has 0 spiro atoms. The fourth-order valence-corrected chi connectivity index (χ4v) is 1.71. The van der Waals surface area contributed by atoms with Crippen molar-refractivity contribution in [1.82, 2.24) is 0 Å². The summed E-state index contributed by atoms with van der Waals surface area (Å²) >= 11 is 5.48. The Morgan fingerprint density at radius 2 is 0.760 bits per heavy atom. The monoisotopic (exact) mass is 386 g/mol. The Hall–Kier alpha value is 0.01000. The number of rotatable bonds is 21. The van der Waals surface area contributed by atoms with Crippen molar-refractivity contribution >= 4 is 11.6 Å². The molecule has 0 aliphatic carbocycles. The van der Waals surface area contributed by atoms with Gasteiger partial charge in [-0.1, -0.05) is 0 Å². The predicted molar refractivity (Wildman–Crippen MR) is 96.7 cm³/mol. The van der Waals surface area contributed by atoms with Gasteiger partial charge in [-0.05, 0) is 13.8 Å². The van der Waals surface area contributed by atoms with Crippen LogP contribution in [0.15, 0.2) is 0 Å². The third-order valence-electron chi connectivity index (χ3n) is 2.76. The molecule has 7 nitrogen and oxygen atoms in total. The zero-order chi connectivity index (χ0) is 18.4. The lowest BCUT2D eigenvalue weighted by Crippen LogP contribution is -2.15. The van der Waals surface area contributed by atoms with E-state index in [9.17, 15) is 0 Å². The van der Waals surface area contributed by atoms with Gasteiger partial charge >= 0.3 is 0 Å². The fraction of sp³-hybridized carbons (Fsp3) is 1.00. The van der Waals surface area contributed by atoms with Gasteiger partial charge in [0.25, 0.3) is 0 Å². The summed E-state index contributed by atoms with van der Waals surface area (Å²) in [6.07, 6.45) is 0.245.